The number of nitrogens with one attached hydrogen (secondary N) is 1. The van der Waals surface area contributed by atoms with Crippen molar-refractivity contribution in [1.82, 2.24) is 4.98 Å². The van der Waals surface area contributed by atoms with Crippen LogP contribution in [0.25, 0.3) is 0 Å². The van der Waals surface area contributed by atoms with Crippen LogP contribution >= 0.6 is 11.3 Å². The number of hydrogen-bond acceptors (Lipinski definition) is 5. The van der Waals surface area contributed by atoms with Gasteiger partial charge in [0.05, 0.1) is 11.4 Å². The second-order valence-corrected chi connectivity index (χ2v) is 6.86. The lowest BCUT2D eigenvalue weighted by Crippen LogP contribution is -2.43. The monoisotopic (exact) mass is 359 g/mol. The molecule has 132 valence electrons. The van der Waals surface area contributed by atoms with Gasteiger partial charge in [-0.3, -0.25) is 14.5 Å². The highest BCUT2D eigenvalue weighted by atomic mass is 32.1. The van der Waals surface area contributed by atoms with Crippen LogP contribution in [-0.2, 0) is 22.4 Å². The van der Waals surface area contributed by atoms with Gasteiger partial charge in [-0.25, -0.2) is 4.98 Å². The van der Waals surface area contributed by atoms with Crippen molar-refractivity contribution in [2.45, 2.75) is 33.1 Å². The molecule has 0 saturated carbocycles. The molecule has 1 aliphatic heterocycles. The maximum absolute atomic E-state index is 12.4. The number of carbonyl (C=O) groups excluding carboxylic acids is 2. The zero-order valence-electron chi connectivity index (χ0n) is 14.4. The van der Waals surface area contributed by atoms with E-state index in [1.165, 1.54) is 21.1 Å². The van der Waals surface area contributed by atoms with Crippen molar-refractivity contribution in [3.05, 3.63) is 34.8 Å². The number of aryl methyl sites for hydroxylation is 2. The second kappa shape index (κ2) is 7.65. The third-order valence-electron chi connectivity index (χ3n) is 3.94. The fourth-order valence-corrected chi connectivity index (χ4v) is 3.74. The van der Waals surface area contributed by atoms with Gasteiger partial charge in [0.1, 0.15) is 12.3 Å². The summed E-state index contributed by atoms with van der Waals surface area (Å²) in [7, 11) is 0. The largest absolute Gasteiger partial charge is 0.482 e. The van der Waals surface area contributed by atoms with Gasteiger partial charge in [0.2, 0.25) is 5.91 Å². The van der Waals surface area contributed by atoms with Crippen molar-refractivity contribution < 1.29 is 14.3 Å². The molecule has 1 aliphatic rings. The molecule has 0 fully saturated rings. The molecule has 1 N–H and O–H groups in total. The van der Waals surface area contributed by atoms with Gasteiger partial charge in [0.25, 0.3) is 5.91 Å². The molecule has 1 aromatic carbocycles. The summed E-state index contributed by atoms with van der Waals surface area (Å²) in [5.74, 6) is 0.126. The van der Waals surface area contributed by atoms with Gasteiger partial charge >= 0.3 is 0 Å². The van der Waals surface area contributed by atoms with E-state index >= 15 is 0 Å². The SMILES string of the molecule is CCCc1nc(NC(=O)CN2C(=O)COc3ccccc32)sc1CC. The summed E-state index contributed by atoms with van der Waals surface area (Å²) in [6, 6.07) is 7.22. The van der Waals surface area contributed by atoms with Crippen molar-refractivity contribution in [3.63, 3.8) is 0 Å². The Labute approximate surface area is 150 Å². The average molecular weight is 359 g/mol. The normalized spacial score (nSPS) is 13.4. The van der Waals surface area contributed by atoms with E-state index in [0.29, 0.717) is 16.6 Å². The first-order chi connectivity index (χ1) is 12.1. The summed E-state index contributed by atoms with van der Waals surface area (Å²) < 4.78 is 5.39. The van der Waals surface area contributed by atoms with Gasteiger partial charge in [-0.05, 0) is 25.0 Å². The number of ether oxygens (including phenoxy) is 1. The fourth-order valence-electron chi connectivity index (χ4n) is 2.77. The molecule has 3 rings (SSSR count). The minimum Gasteiger partial charge on any atom is -0.482 e. The molecule has 0 saturated heterocycles. The summed E-state index contributed by atoms with van der Waals surface area (Å²) in [5.41, 5.74) is 1.67. The lowest BCUT2D eigenvalue weighted by molar-refractivity contribution is -0.123. The van der Waals surface area contributed by atoms with Gasteiger partial charge in [-0.1, -0.05) is 32.4 Å². The molecule has 0 unspecified atom stereocenters. The maximum Gasteiger partial charge on any atom is 0.265 e. The first-order valence-corrected chi connectivity index (χ1v) is 9.24. The van der Waals surface area contributed by atoms with Gasteiger partial charge in [0.15, 0.2) is 11.7 Å². The van der Waals surface area contributed by atoms with E-state index in [9.17, 15) is 9.59 Å². The number of aromatic nitrogens is 1. The number of benzene rings is 1. The molecule has 2 amide bonds. The number of thiazole rings is 1. The number of anilines is 2. The van der Waals surface area contributed by atoms with Crippen molar-refractivity contribution in [3.8, 4) is 5.75 Å². The van der Waals surface area contributed by atoms with E-state index < -0.39 is 0 Å². The second-order valence-electron chi connectivity index (χ2n) is 5.78. The van der Waals surface area contributed by atoms with E-state index in [1.54, 1.807) is 12.1 Å². The summed E-state index contributed by atoms with van der Waals surface area (Å²) in [5, 5.41) is 3.42. The predicted octanol–water partition coefficient (Wildman–Crippen LogP) is 3.02. The molecule has 0 aliphatic carbocycles. The molecule has 2 aromatic rings. The van der Waals surface area contributed by atoms with Crippen LogP contribution in [0.15, 0.2) is 24.3 Å². The smallest absolute Gasteiger partial charge is 0.265 e. The Morgan fingerprint density at radius 2 is 2.16 bits per heavy atom. The van der Waals surface area contributed by atoms with Gasteiger partial charge < -0.3 is 10.1 Å². The number of nitrogens with zero attached hydrogens (tertiary/aromatic N) is 2. The Balaban J connectivity index is 1.72. The van der Waals surface area contributed by atoms with Gasteiger partial charge in [-0.2, -0.15) is 0 Å². The molecule has 1 aromatic heterocycles. The Kier molecular flexibility index (Phi) is 5.33. The van der Waals surface area contributed by atoms with E-state index in [1.807, 2.05) is 12.1 Å². The average Bonchev–Trinajstić information content (AvgIpc) is 2.99. The summed E-state index contributed by atoms with van der Waals surface area (Å²) in [6.07, 6.45) is 2.83. The number of carbonyl (C=O) groups is 2. The predicted molar refractivity (Wildman–Crippen MR) is 98.4 cm³/mol. The number of para-hydroxylation sites is 2. The van der Waals surface area contributed by atoms with Crippen LogP contribution in [0.5, 0.6) is 5.75 Å². The Morgan fingerprint density at radius 1 is 1.36 bits per heavy atom. The van der Waals surface area contributed by atoms with Crippen LogP contribution in [0, 0.1) is 0 Å². The first-order valence-electron chi connectivity index (χ1n) is 8.43. The van der Waals surface area contributed by atoms with E-state index in [4.69, 9.17) is 4.74 Å². The number of fused-ring (bicyclic) bond motifs is 1. The standard InChI is InChI=1S/C18H21N3O3S/c1-3-7-12-15(4-2)25-18(19-12)20-16(22)10-21-13-8-5-6-9-14(13)24-11-17(21)23/h5-6,8-9H,3-4,7,10-11H2,1-2H3,(H,19,20,22). The molecule has 0 spiro atoms. The summed E-state index contributed by atoms with van der Waals surface area (Å²) in [4.78, 5) is 31.7. The van der Waals surface area contributed by atoms with Crippen LogP contribution < -0.4 is 15.0 Å². The van der Waals surface area contributed by atoms with E-state index in [-0.39, 0.29) is 25.0 Å². The van der Waals surface area contributed by atoms with E-state index in [0.717, 1.165) is 25.0 Å². The Bertz CT molecular complexity index is 788. The molecule has 2 heterocycles. The highest BCUT2D eigenvalue weighted by Gasteiger charge is 2.27. The fraction of sp³-hybridized carbons (Fsp3) is 0.389. The van der Waals surface area contributed by atoms with E-state index in [2.05, 4.69) is 24.1 Å². The third kappa shape index (κ3) is 3.82. The van der Waals surface area contributed by atoms with Crippen molar-refractivity contribution in [2.75, 3.05) is 23.4 Å². The summed E-state index contributed by atoms with van der Waals surface area (Å²) >= 11 is 1.51. The molecule has 0 radical (unpaired) electrons. The number of rotatable bonds is 6. The highest BCUT2D eigenvalue weighted by Crippen LogP contribution is 2.31. The maximum atomic E-state index is 12.4. The molecule has 0 atom stereocenters. The van der Waals surface area contributed by atoms with Crippen molar-refractivity contribution >= 4 is 34.0 Å². The lowest BCUT2D eigenvalue weighted by Gasteiger charge is -2.28. The van der Waals surface area contributed by atoms with Gasteiger partial charge in [0, 0.05) is 4.88 Å². The lowest BCUT2D eigenvalue weighted by atomic mass is 10.2. The van der Waals surface area contributed by atoms with Gasteiger partial charge in [-0.15, -0.1) is 11.3 Å². The molecular weight excluding hydrogens is 338 g/mol. The van der Waals surface area contributed by atoms with Crippen LogP contribution in [0.2, 0.25) is 0 Å². The van der Waals surface area contributed by atoms with Crippen LogP contribution in [0.3, 0.4) is 0 Å². The summed E-state index contributed by atoms with van der Waals surface area (Å²) in [6.45, 7) is 4.09. The van der Waals surface area contributed by atoms with Crippen molar-refractivity contribution in [1.29, 1.82) is 0 Å². The topological polar surface area (TPSA) is 71.5 Å². The van der Waals surface area contributed by atoms with Crippen LogP contribution in [-0.4, -0.2) is 29.9 Å². The molecule has 25 heavy (non-hydrogen) atoms. The van der Waals surface area contributed by atoms with Crippen molar-refractivity contribution in [2.24, 2.45) is 0 Å². The van der Waals surface area contributed by atoms with Crippen LogP contribution in [0.1, 0.15) is 30.8 Å². The Hall–Kier alpha value is -2.41. The molecule has 0 bridgehead atoms. The number of amides is 2. The minimum atomic E-state index is -0.260. The zero-order valence-corrected chi connectivity index (χ0v) is 15.2. The molecule has 7 heteroatoms. The third-order valence-corrected chi connectivity index (χ3v) is 5.10. The number of hydrogen-bond donors (Lipinski definition) is 1. The minimum absolute atomic E-state index is 0.0522. The first kappa shape index (κ1) is 17.4. The zero-order chi connectivity index (χ0) is 17.8. The Morgan fingerprint density at radius 3 is 2.92 bits per heavy atom. The quantitative estimate of drug-likeness (QED) is 0.861. The van der Waals surface area contributed by atoms with Crippen LogP contribution in [0.4, 0.5) is 10.8 Å². The highest BCUT2D eigenvalue weighted by molar-refractivity contribution is 7.15. The molecular formula is C18H21N3O3S. The molecule has 6 nitrogen and oxygen atoms in total.